The molecule has 18 heavy (non-hydrogen) atoms. The van der Waals surface area contributed by atoms with E-state index < -0.39 is 0 Å². The number of hydrogen-bond acceptors (Lipinski definition) is 1. The van der Waals surface area contributed by atoms with Crippen LogP contribution >= 0.6 is 0 Å². The summed E-state index contributed by atoms with van der Waals surface area (Å²) in [5, 5.41) is 1.30. The number of hydrogen-bond donors (Lipinski definition) is 2. The predicted molar refractivity (Wildman–Crippen MR) is 76.5 cm³/mol. The van der Waals surface area contributed by atoms with Crippen LogP contribution in [-0.2, 0) is 6.42 Å². The first-order valence-electron chi connectivity index (χ1n) is 6.24. The van der Waals surface area contributed by atoms with Gasteiger partial charge in [0.25, 0.3) is 0 Å². The van der Waals surface area contributed by atoms with Gasteiger partial charge in [-0.3, -0.25) is 0 Å². The SMILES string of the molecule is NCCc1c[nH]c2cccc(-c3ccccc3)c12. The first-order valence-corrected chi connectivity index (χ1v) is 6.24. The van der Waals surface area contributed by atoms with Crippen LogP contribution in [0.2, 0.25) is 0 Å². The van der Waals surface area contributed by atoms with Gasteiger partial charge in [0.15, 0.2) is 0 Å². The third-order valence-electron chi connectivity index (χ3n) is 3.29. The Morgan fingerprint density at radius 2 is 1.78 bits per heavy atom. The van der Waals surface area contributed by atoms with Crippen molar-refractivity contribution in [2.75, 3.05) is 6.54 Å². The highest BCUT2D eigenvalue weighted by atomic mass is 14.7. The fourth-order valence-corrected chi connectivity index (χ4v) is 2.47. The molecule has 3 aromatic rings. The maximum Gasteiger partial charge on any atom is 0.0463 e. The fourth-order valence-electron chi connectivity index (χ4n) is 2.47. The van der Waals surface area contributed by atoms with Crippen LogP contribution in [0.15, 0.2) is 54.7 Å². The molecule has 0 atom stereocenters. The summed E-state index contributed by atoms with van der Waals surface area (Å²) in [5.41, 5.74) is 10.7. The van der Waals surface area contributed by atoms with E-state index in [1.54, 1.807) is 0 Å². The van der Waals surface area contributed by atoms with Gasteiger partial charge in [-0.25, -0.2) is 0 Å². The summed E-state index contributed by atoms with van der Waals surface area (Å²) < 4.78 is 0. The maximum absolute atomic E-state index is 5.69. The van der Waals surface area contributed by atoms with Crippen molar-refractivity contribution in [1.82, 2.24) is 4.98 Å². The van der Waals surface area contributed by atoms with Gasteiger partial charge in [-0.15, -0.1) is 0 Å². The van der Waals surface area contributed by atoms with Gasteiger partial charge in [0, 0.05) is 17.1 Å². The molecule has 1 heterocycles. The third-order valence-corrected chi connectivity index (χ3v) is 3.29. The van der Waals surface area contributed by atoms with Crippen molar-refractivity contribution in [1.29, 1.82) is 0 Å². The van der Waals surface area contributed by atoms with Crippen molar-refractivity contribution in [3.8, 4) is 11.1 Å². The smallest absolute Gasteiger partial charge is 0.0463 e. The average molecular weight is 236 g/mol. The van der Waals surface area contributed by atoms with Crippen molar-refractivity contribution in [2.24, 2.45) is 5.73 Å². The number of aromatic nitrogens is 1. The lowest BCUT2D eigenvalue weighted by Gasteiger charge is -2.06. The minimum Gasteiger partial charge on any atom is -0.361 e. The Bertz CT molecular complexity index is 653. The van der Waals surface area contributed by atoms with E-state index in [0.29, 0.717) is 6.54 Å². The number of nitrogens with two attached hydrogens (primary N) is 1. The minimum atomic E-state index is 0.677. The molecule has 0 saturated heterocycles. The van der Waals surface area contributed by atoms with E-state index in [1.165, 1.54) is 27.6 Å². The van der Waals surface area contributed by atoms with Gasteiger partial charge >= 0.3 is 0 Å². The lowest BCUT2D eigenvalue weighted by Crippen LogP contribution is -2.02. The van der Waals surface area contributed by atoms with Gasteiger partial charge in [-0.05, 0) is 35.7 Å². The molecule has 2 heteroatoms. The summed E-state index contributed by atoms with van der Waals surface area (Å²) in [6, 6.07) is 16.9. The third kappa shape index (κ3) is 1.81. The number of nitrogens with one attached hydrogen (secondary N) is 1. The highest BCUT2D eigenvalue weighted by Gasteiger charge is 2.08. The molecule has 0 aliphatic heterocycles. The van der Waals surface area contributed by atoms with Gasteiger partial charge in [-0.1, -0.05) is 42.5 Å². The second kappa shape index (κ2) is 4.67. The quantitative estimate of drug-likeness (QED) is 0.719. The van der Waals surface area contributed by atoms with Gasteiger partial charge in [0.2, 0.25) is 0 Å². The molecule has 0 bridgehead atoms. The average Bonchev–Trinajstić information content (AvgIpc) is 2.84. The summed E-state index contributed by atoms with van der Waals surface area (Å²) in [6.45, 7) is 0.677. The Morgan fingerprint density at radius 1 is 0.944 bits per heavy atom. The molecule has 0 spiro atoms. The Balaban J connectivity index is 2.25. The van der Waals surface area contributed by atoms with Gasteiger partial charge in [0.1, 0.15) is 0 Å². The summed E-state index contributed by atoms with van der Waals surface area (Å²) >= 11 is 0. The van der Waals surface area contributed by atoms with Crippen LogP contribution in [0.3, 0.4) is 0 Å². The normalized spacial score (nSPS) is 10.9. The van der Waals surface area contributed by atoms with E-state index in [0.717, 1.165) is 6.42 Å². The highest BCUT2D eigenvalue weighted by Crippen LogP contribution is 2.30. The van der Waals surface area contributed by atoms with E-state index in [2.05, 4.69) is 53.6 Å². The Labute approximate surface area is 106 Å². The molecule has 3 N–H and O–H groups in total. The molecule has 0 unspecified atom stereocenters. The molecule has 3 rings (SSSR count). The maximum atomic E-state index is 5.69. The van der Waals surface area contributed by atoms with Gasteiger partial charge in [-0.2, -0.15) is 0 Å². The molecule has 0 aliphatic rings. The molecular weight excluding hydrogens is 220 g/mol. The van der Waals surface area contributed by atoms with E-state index in [9.17, 15) is 0 Å². The van der Waals surface area contributed by atoms with Crippen LogP contribution in [-0.4, -0.2) is 11.5 Å². The molecular formula is C16H16N2. The molecule has 2 aromatic carbocycles. The topological polar surface area (TPSA) is 41.8 Å². The second-order valence-corrected chi connectivity index (χ2v) is 4.45. The van der Waals surface area contributed by atoms with Crippen molar-refractivity contribution < 1.29 is 0 Å². The van der Waals surface area contributed by atoms with Gasteiger partial charge < -0.3 is 10.7 Å². The first-order chi connectivity index (χ1) is 8.90. The molecule has 2 nitrogen and oxygen atoms in total. The molecule has 0 fully saturated rings. The van der Waals surface area contributed by atoms with Crippen molar-refractivity contribution in [2.45, 2.75) is 6.42 Å². The largest absolute Gasteiger partial charge is 0.361 e. The van der Waals surface area contributed by atoms with Crippen LogP contribution in [0.5, 0.6) is 0 Å². The fraction of sp³-hybridized carbons (Fsp3) is 0.125. The lowest BCUT2D eigenvalue weighted by atomic mass is 9.98. The summed E-state index contributed by atoms with van der Waals surface area (Å²) in [6.07, 6.45) is 2.98. The summed E-state index contributed by atoms with van der Waals surface area (Å²) in [4.78, 5) is 3.33. The van der Waals surface area contributed by atoms with E-state index in [4.69, 9.17) is 5.73 Å². The number of aromatic amines is 1. The Hall–Kier alpha value is -2.06. The zero-order valence-electron chi connectivity index (χ0n) is 10.2. The van der Waals surface area contributed by atoms with Crippen LogP contribution < -0.4 is 5.73 Å². The number of H-pyrrole nitrogens is 1. The molecule has 0 radical (unpaired) electrons. The van der Waals surface area contributed by atoms with Crippen molar-refractivity contribution >= 4 is 10.9 Å². The van der Waals surface area contributed by atoms with E-state index in [-0.39, 0.29) is 0 Å². The minimum absolute atomic E-state index is 0.677. The Kier molecular flexibility index (Phi) is 2.87. The lowest BCUT2D eigenvalue weighted by molar-refractivity contribution is 0.976. The molecule has 0 aliphatic carbocycles. The summed E-state index contributed by atoms with van der Waals surface area (Å²) in [7, 11) is 0. The number of rotatable bonds is 3. The van der Waals surface area contributed by atoms with Crippen LogP contribution in [0, 0.1) is 0 Å². The van der Waals surface area contributed by atoms with Crippen LogP contribution in [0.1, 0.15) is 5.56 Å². The standard InChI is InChI=1S/C16H16N2/c17-10-9-13-11-18-15-8-4-7-14(16(13)15)12-5-2-1-3-6-12/h1-8,11,18H,9-10,17H2. The van der Waals surface area contributed by atoms with E-state index in [1.807, 2.05) is 6.07 Å². The molecule has 90 valence electrons. The zero-order valence-corrected chi connectivity index (χ0v) is 10.2. The predicted octanol–water partition coefficient (Wildman–Crippen LogP) is 3.34. The molecule has 1 aromatic heterocycles. The number of benzene rings is 2. The van der Waals surface area contributed by atoms with E-state index >= 15 is 0 Å². The zero-order chi connectivity index (χ0) is 12.4. The van der Waals surface area contributed by atoms with Gasteiger partial charge in [0.05, 0.1) is 0 Å². The van der Waals surface area contributed by atoms with Crippen molar-refractivity contribution in [3.05, 3.63) is 60.3 Å². The molecule has 0 saturated carbocycles. The van der Waals surface area contributed by atoms with Crippen molar-refractivity contribution in [3.63, 3.8) is 0 Å². The first kappa shape index (κ1) is 11.1. The second-order valence-electron chi connectivity index (χ2n) is 4.45. The highest BCUT2D eigenvalue weighted by molar-refractivity contribution is 5.97. The van der Waals surface area contributed by atoms with Crippen LogP contribution in [0.25, 0.3) is 22.0 Å². The Morgan fingerprint density at radius 3 is 2.56 bits per heavy atom. The number of fused-ring (bicyclic) bond motifs is 1. The van der Waals surface area contributed by atoms with Crippen LogP contribution in [0.4, 0.5) is 0 Å². The molecule has 0 amide bonds. The summed E-state index contributed by atoms with van der Waals surface area (Å²) in [5.74, 6) is 0. The monoisotopic (exact) mass is 236 g/mol.